The van der Waals surface area contributed by atoms with E-state index < -0.39 is 0 Å². The fraction of sp³-hybridized carbons (Fsp3) is 0.917. The number of carbonyl (C=O) groups is 1. The third-order valence-corrected chi connectivity index (χ3v) is 4.23. The minimum Gasteiger partial charge on any atom is -0.356 e. The van der Waals surface area contributed by atoms with Gasteiger partial charge in [-0.3, -0.25) is 4.79 Å². The quantitative estimate of drug-likeness (QED) is 0.698. The van der Waals surface area contributed by atoms with Crippen LogP contribution in [0.2, 0.25) is 0 Å². The summed E-state index contributed by atoms with van der Waals surface area (Å²) in [5.41, 5.74) is -0.0927. The maximum absolute atomic E-state index is 12.2. The molecule has 0 aromatic carbocycles. The average Bonchev–Trinajstić information content (AvgIpc) is 2.35. The molecular weight excluding hydrogens is 220 g/mol. The summed E-state index contributed by atoms with van der Waals surface area (Å²) < 4.78 is 0. The van der Waals surface area contributed by atoms with Gasteiger partial charge in [-0.15, -0.1) is 0 Å². The first kappa shape index (κ1) is 13.8. The van der Waals surface area contributed by atoms with Crippen LogP contribution in [0, 0.1) is 5.41 Å². The molecule has 1 saturated heterocycles. The molecule has 4 heteroatoms. The lowest BCUT2D eigenvalue weighted by Gasteiger charge is -2.35. The topological polar surface area (TPSA) is 41.1 Å². The highest BCUT2D eigenvalue weighted by Gasteiger charge is 2.37. The van der Waals surface area contributed by atoms with Gasteiger partial charge in [-0.25, -0.2) is 0 Å². The minimum absolute atomic E-state index is 0.0927. The summed E-state index contributed by atoms with van der Waals surface area (Å²) in [4.78, 5) is 12.2. The zero-order valence-electron chi connectivity index (χ0n) is 10.5. The molecule has 1 fully saturated rings. The predicted molar refractivity (Wildman–Crippen MR) is 70.8 cm³/mol. The molecule has 94 valence electrons. The lowest BCUT2D eigenvalue weighted by Crippen LogP contribution is -2.47. The highest BCUT2D eigenvalue weighted by atomic mass is 32.2. The van der Waals surface area contributed by atoms with E-state index in [0.29, 0.717) is 0 Å². The number of carbonyl (C=O) groups excluding carboxylic acids is 1. The highest BCUT2D eigenvalue weighted by Crippen LogP contribution is 2.32. The molecule has 0 aromatic heterocycles. The Morgan fingerprint density at radius 1 is 1.44 bits per heavy atom. The molecule has 0 radical (unpaired) electrons. The Hall–Kier alpha value is -0.220. The molecule has 1 rings (SSSR count). The van der Waals surface area contributed by atoms with Crippen molar-refractivity contribution >= 4 is 17.7 Å². The number of amides is 1. The molecule has 0 bridgehead atoms. The Bertz CT molecular complexity index is 215. The van der Waals surface area contributed by atoms with Crippen molar-refractivity contribution in [3.8, 4) is 0 Å². The van der Waals surface area contributed by atoms with Gasteiger partial charge in [-0.2, -0.15) is 11.8 Å². The number of hydrogen-bond acceptors (Lipinski definition) is 3. The van der Waals surface area contributed by atoms with Crippen LogP contribution in [0.5, 0.6) is 0 Å². The molecule has 0 aromatic rings. The van der Waals surface area contributed by atoms with Gasteiger partial charge < -0.3 is 10.6 Å². The number of hydrogen-bond donors (Lipinski definition) is 2. The third-order valence-electron chi connectivity index (χ3n) is 3.53. The van der Waals surface area contributed by atoms with Crippen molar-refractivity contribution in [3.05, 3.63) is 0 Å². The van der Waals surface area contributed by atoms with Gasteiger partial charge in [-0.1, -0.05) is 6.92 Å². The molecule has 1 heterocycles. The smallest absolute Gasteiger partial charge is 0.226 e. The normalized spacial score (nSPS) is 19.4. The van der Waals surface area contributed by atoms with Crippen molar-refractivity contribution in [1.29, 1.82) is 0 Å². The van der Waals surface area contributed by atoms with Gasteiger partial charge in [0, 0.05) is 6.54 Å². The van der Waals surface area contributed by atoms with Crippen molar-refractivity contribution in [1.82, 2.24) is 10.6 Å². The molecule has 0 unspecified atom stereocenters. The van der Waals surface area contributed by atoms with Crippen molar-refractivity contribution in [2.24, 2.45) is 5.41 Å². The fourth-order valence-corrected chi connectivity index (χ4v) is 2.69. The van der Waals surface area contributed by atoms with Gasteiger partial charge in [-0.05, 0) is 50.8 Å². The molecule has 0 saturated carbocycles. The molecule has 1 aliphatic heterocycles. The number of rotatable bonds is 6. The van der Waals surface area contributed by atoms with E-state index in [9.17, 15) is 4.79 Å². The average molecular weight is 244 g/mol. The first-order chi connectivity index (χ1) is 7.75. The van der Waals surface area contributed by atoms with E-state index in [1.807, 2.05) is 11.8 Å². The second-order valence-electron chi connectivity index (χ2n) is 4.49. The van der Waals surface area contributed by atoms with Gasteiger partial charge in [0.15, 0.2) is 0 Å². The molecule has 2 N–H and O–H groups in total. The lowest BCUT2D eigenvalue weighted by atomic mass is 9.76. The number of thioether (sulfide) groups is 1. The van der Waals surface area contributed by atoms with Gasteiger partial charge >= 0.3 is 0 Å². The Morgan fingerprint density at radius 3 is 2.69 bits per heavy atom. The Kier molecular flexibility index (Phi) is 6.21. The Balaban J connectivity index is 2.36. The molecule has 16 heavy (non-hydrogen) atoms. The molecular formula is C12H24N2OS. The zero-order chi connectivity index (χ0) is 11.9. The zero-order valence-corrected chi connectivity index (χ0v) is 11.3. The van der Waals surface area contributed by atoms with E-state index in [2.05, 4.69) is 23.8 Å². The molecule has 0 aliphatic carbocycles. The molecule has 1 amide bonds. The van der Waals surface area contributed by atoms with E-state index >= 15 is 0 Å². The second-order valence-corrected chi connectivity index (χ2v) is 5.47. The SMILES string of the molecule is CCC1(C(=O)NCCCSC)CCNCC1. The maximum Gasteiger partial charge on any atom is 0.226 e. The molecule has 0 spiro atoms. The first-order valence-electron chi connectivity index (χ1n) is 6.23. The number of nitrogens with one attached hydrogen (secondary N) is 2. The van der Waals surface area contributed by atoms with E-state index in [-0.39, 0.29) is 11.3 Å². The largest absolute Gasteiger partial charge is 0.356 e. The summed E-state index contributed by atoms with van der Waals surface area (Å²) in [5, 5.41) is 6.42. The maximum atomic E-state index is 12.2. The monoisotopic (exact) mass is 244 g/mol. The van der Waals surface area contributed by atoms with Crippen LogP contribution in [-0.4, -0.2) is 37.6 Å². The van der Waals surface area contributed by atoms with Crippen LogP contribution < -0.4 is 10.6 Å². The minimum atomic E-state index is -0.0927. The van der Waals surface area contributed by atoms with Gasteiger partial charge in [0.2, 0.25) is 5.91 Å². The van der Waals surface area contributed by atoms with Gasteiger partial charge in [0.05, 0.1) is 5.41 Å². The van der Waals surface area contributed by atoms with E-state index in [0.717, 1.165) is 51.1 Å². The fourth-order valence-electron chi connectivity index (χ4n) is 2.25. The standard InChI is InChI=1S/C12H24N2OS/c1-3-12(5-8-13-9-6-12)11(15)14-7-4-10-16-2/h13H,3-10H2,1-2H3,(H,14,15). The van der Waals surface area contributed by atoms with E-state index in [4.69, 9.17) is 0 Å². The first-order valence-corrected chi connectivity index (χ1v) is 7.62. The summed E-state index contributed by atoms with van der Waals surface area (Å²) in [6.45, 7) is 4.92. The summed E-state index contributed by atoms with van der Waals surface area (Å²) in [7, 11) is 0. The van der Waals surface area contributed by atoms with Crippen molar-refractivity contribution < 1.29 is 4.79 Å². The summed E-state index contributed by atoms with van der Waals surface area (Å²) in [6, 6.07) is 0. The Morgan fingerprint density at radius 2 is 2.12 bits per heavy atom. The van der Waals surface area contributed by atoms with Gasteiger partial charge in [0.1, 0.15) is 0 Å². The van der Waals surface area contributed by atoms with Crippen LogP contribution >= 0.6 is 11.8 Å². The van der Waals surface area contributed by atoms with Crippen LogP contribution in [0.3, 0.4) is 0 Å². The lowest BCUT2D eigenvalue weighted by molar-refractivity contribution is -0.132. The highest BCUT2D eigenvalue weighted by molar-refractivity contribution is 7.98. The van der Waals surface area contributed by atoms with E-state index in [1.165, 1.54) is 0 Å². The molecule has 1 aliphatic rings. The third kappa shape index (κ3) is 3.67. The van der Waals surface area contributed by atoms with Crippen LogP contribution in [-0.2, 0) is 4.79 Å². The Labute approximate surface area is 103 Å². The summed E-state index contributed by atoms with van der Waals surface area (Å²) in [6.07, 6.45) is 6.10. The predicted octanol–water partition coefficient (Wildman–Crippen LogP) is 1.64. The van der Waals surface area contributed by atoms with Crippen LogP contribution in [0.25, 0.3) is 0 Å². The molecule has 3 nitrogen and oxygen atoms in total. The van der Waals surface area contributed by atoms with Crippen molar-refractivity contribution in [2.75, 3.05) is 31.6 Å². The van der Waals surface area contributed by atoms with Crippen LogP contribution in [0.15, 0.2) is 0 Å². The number of piperidine rings is 1. The van der Waals surface area contributed by atoms with Crippen LogP contribution in [0.1, 0.15) is 32.6 Å². The summed E-state index contributed by atoms with van der Waals surface area (Å²) in [5.74, 6) is 1.40. The van der Waals surface area contributed by atoms with Crippen molar-refractivity contribution in [2.45, 2.75) is 32.6 Å². The summed E-state index contributed by atoms with van der Waals surface area (Å²) >= 11 is 1.83. The second kappa shape index (κ2) is 7.17. The van der Waals surface area contributed by atoms with E-state index in [1.54, 1.807) is 0 Å². The van der Waals surface area contributed by atoms with Crippen molar-refractivity contribution in [3.63, 3.8) is 0 Å². The van der Waals surface area contributed by atoms with Gasteiger partial charge in [0.25, 0.3) is 0 Å². The van der Waals surface area contributed by atoms with Crippen LogP contribution in [0.4, 0.5) is 0 Å². The molecule has 0 atom stereocenters.